The second-order valence-corrected chi connectivity index (χ2v) is 5.92. The molecule has 114 valence electrons. The molecule has 0 aliphatic carbocycles. The van der Waals surface area contributed by atoms with E-state index < -0.39 is 5.54 Å². The number of hydrogen-bond donors (Lipinski definition) is 2. The molecule has 6 nitrogen and oxygen atoms in total. The zero-order chi connectivity index (χ0) is 14.6. The number of piperidine rings is 1. The quantitative estimate of drug-likeness (QED) is 0.755. The first-order valence-corrected chi connectivity index (χ1v) is 7.38. The lowest BCUT2D eigenvalue weighted by molar-refractivity contribution is -0.136. The van der Waals surface area contributed by atoms with Gasteiger partial charge in [0, 0.05) is 26.2 Å². The predicted octanol–water partition coefficient (Wildman–Crippen LogP) is -0.118. The van der Waals surface area contributed by atoms with Crippen LogP contribution in [0.2, 0.25) is 0 Å². The molecule has 1 atom stereocenters. The van der Waals surface area contributed by atoms with Crippen LogP contribution in [-0.2, 0) is 14.3 Å². The molecule has 2 N–H and O–H groups in total. The minimum absolute atomic E-state index is 0.0293. The Kier molecular flexibility index (Phi) is 4.99. The minimum Gasteiger partial charge on any atom is -0.375 e. The molecule has 2 saturated heterocycles. The van der Waals surface area contributed by atoms with Gasteiger partial charge >= 0.3 is 0 Å². The predicted molar refractivity (Wildman–Crippen MR) is 75.3 cm³/mol. The maximum atomic E-state index is 12.3. The standard InChI is InChI=1S/C14H25N3O3/c1-14(6-3-7-15-14)13(19)16-11-4-8-17(9-5-11)12(18)10-20-2/h11,15H,3-10H2,1-2H3,(H,16,19). The van der Waals surface area contributed by atoms with Gasteiger partial charge in [-0.2, -0.15) is 0 Å². The highest BCUT2D eigenvalue weighted by Gasteiger charge is 2.37. The minimum atomic E-state index is -0.414. The highest BCUT2D eigenvalue weighted by molar-refractivity contribution is 5.86. The number of carbonyl (C=O) groups is 2. The lowest BCUT2D eigenvalue weighted by Gasteiger charge is -2.34. The number of nitrogens with one attached hydrogen (secondary N) is 2. The Labute approximate surface area is 120 Å². The van der Waals surface area contributed by atoms with Crippen LogP contribution in [0.1, 0.15) is 32.6 Å². The smallest absolute Gasteiger partial charge is 0.248 e. The molecule has 2 aliphatic heterocycles. The molecule has 0 aromatic carbocycles. The topological polar surface area (TPSA) is 70.7 Å². The Morgan fingerprint density at radius 1 is 1.40 bits per heavy atom. The second-order valence-electron chi connectivity index (χ2n) is 5.92. The summed E-state index contributed by atoms with van der Waals surface area (Å²) in [5.74, 6) is 0.123. The number of methoxy groups -OCH3 is 1. The van der Waals surface area contributed by atoms with Gasteiger partial charge in [0.05, 0.1) is 5.54 Å². The Morgan fingerprint density at radius 3 is 2.65 bits per heavy atom. The molecule has 0 bridgehead atoms. The van der Waals surface area contributed by atoms with Gasteiger partial charge in [-0.15, -0.1) is 0 Å². The highest BCUT2D eigenvalue weighted by Crippen LogP contribution is 2.20. The fourth-order valence-electron chi connectivity index (χ4n) is 2.92. The number of amides is 2. The molecule has 2 fully saturated rings. The fraction of sp³-hybridized carbons (Fsp3) is 0.857. The molecule has 1 unspecified atom stereocenters. The van der Waals surface area contributed by atoms with Gasteiger partial charge in [0.25, 0.3) is 0 Å². The summed E-state index contributed by atoms with van der Waals surface area (Å²) in [5.41, 5.74) is -0.414. The summed E-state index contributed by atoms with van der Waals surface area (Å²) in [6.45, 7) is 4.40. The summed E-state index contributed by atoms with van der Waals surface area (Å²) in [7, 11) is 1.53. The van der Waals surface area contributed by atoms with Gasteiger partial charge < -0.3 is 20.3 Å². The van der Waals surface area contributed by atoms with Crippen LogP contribution < -0.4 is 10.6 Å². The van der Waals surface area contributed by atoms with Crippen LogP contribution in [0.5, 0.6) is 0 Å². The zero-order valence-corrected chi connectivity index (χ0v) is 12.4. The van der Waals surface area contributed by atoms with E-state index in [9.17, 15) is 9.59 Å². The van der Waals surface area contributed by atoms with E-state index >= 15 is 0 Å². The molecular formula is C14H25N3O3. The molecule has 6 heteroatoms. The largest absolute Gasteiger partial charge is 0.375 e. The van der Waals surface area contributed by atoms with Crippen molar-refractivity contribution in [1.82, 2.24) is 15.5 Å². The monoisotopic (exact) mass is 283 g/mol. The van der Waals surface area contributed by atoms with Crippen molar-refractivity contribution in [3.8, 4) is 0 Å². The van der Waals surface area contributed by atoms with Gasteiger partial charge in [0.15, 0.2) is 0 Å². The van der Waals surface area contributed by atoms with Crippen molar-refractivity contribution in [3.05, 3.63) is 0 Å². The Morgan fingerprint density at radius 2 is 2.10 bits per heavy atom. The van der Waals surface area contributed by atoms with E-state index in [0.717, 1.165) is 32.2 Å². The molecule has 2 aliphatic rings. The van der Waals surface area contributed by atoms with Crippen LogP contribution in [-0.4, -0.2) is 61.6 Å². The van der Waals surface area contributed by atoms with E-state index in [1.807, 2.05) is 11.8 Å². The summed E-state index contributed by atoms with van der Waals surface area (Å²) >= 11 is 0. The molecule has 0 saturated carbocycles. The highest BCUT2D eigenvalue weighted by atomic mass is 16.5. The van der Waals surface area contributed by atoms with Crippen molar-refractivity contribution in [1.29, 1.82) is 0 Å². The Hall–Kier alpha value is -1.14. The zero-order valence-electron chi connectivity index (χ0n) is 12.4. The third-order valence-corrected chi connectivity index (χ3v) is 4.32. The molecule has 0 aromatic heterocycles. The summed E-state index contributed by atoms with van der Waals surface area (Å²) < 4.78 is 4.86. The van der Waals surface area contributed by atoms with E-state index in [1.165, 1.54) is 7.11 Å². The maximum Gasteiger partial charge on any atom is 0.248 e. The number of rotatable bonds is 4. The summed E-state index contributed by atoms with van der Waals surface area (Å²) in [6, 6.07) is 0.174. The molecule has 2 heterocycles. The lowest BCUT2D eigenvalue weighted by Crippen LogP contribution is -2.56. The van der Waals surface area contributed by atoms with Gasteiger partial charge in [0.1, 0.15) is 6.61 Å². The van der Waals surface area contributed by atoms with Gasteiger partial charge in [-0.25, -0.2) is 0 Å². The summed E-state index contributed by atoms with van der Waals surface area (Å²) in [5, 5.41) is 6.40. The van der Waals surface area contributed by atoms with Gasteiger partial charge in [-0.1, -0.05) is 0 Å². The molecule has 20 heavy (non-hydrogen) atoms. The first-order chi connectivity index (χ1) is 9.55. The van der Waals surface area contributed by atoms with Crippen LogP contribution in [0.25, 0.3) is 0 Å². The summed E-state index contributed by atoms with van der Waals surface area (Å²) in [6.07, 6.45) is 3.58. The van der Waals surface area contributed by atoms with E-state index in [2.05, 4.69) is 10.6 Å². The normalized spacial score (nSPS) is 27.6. The van der Waals surface area contributed by atoms with Gasteiger partial charge in [-0.05, 0) is 39.2 Å². The van der Waals surface area contributed by atoms with E-state index in [4.69, 9.17) is 4.74 Å². The molecule has 0 radical (unpaired) electrons. The third kappa shape index (κ3) is 3.49. The van der Waals surface area contributed by atoms with Crippen molar-refractivity contribution < 1.29 is 14.3 Å². The summed E-state index contributed by atoms with van der Waals surface area (Å²) in [4.78, 5) is 25.8. The van der Waals surface area contributed by atoms with Gasteiger partial charge in [0.2, 0.25) is 11.8 Å². The first kappa shape index (κ1) is 15.3. The van der Waals surface area contributed by atoms with Crippen molar-refractivity contribution >= 4 is 11.8 Å². The van der Waals surface area contributed by atoms with Crippen molar-refractivity contribution in [2.75, 3.05) is 33.4 Å². The molecule has 2 amide bonds. The fourth-order valence-corrected chi connectivity index (χ4v) is 2.92. The molecule has 0 spiro atoms. The lowest BCUT2D eigenvalue weighted by atomic mass is 9.97. The number of hydrogen-bond acceptors (Lipinski definition) is 4. The van der Waals surface area contributed by atoms with Crippen LogP contribution in [0.15, 0.2) is 0 Å². The first-order valence-electron chi connectivity index (χ1n) is 7.38. The van der Waals surface area contributed by atoms with Gasteiger partial charge in [-0.3, -0.25) is 9.59 Å². The van der Waals surface area contributed by atoms with Crippen LogP contribution in [0.3, 0.4) is 0 Å². The van der Waals surface area contributed by atoms with E-state index in [-0.39, 0.29) is 24.5 Å². The Bertz CT molecular complexity index is 359. The molecule has 0 aromatic rings. The van der Waals surface area contributed by atoms with Crippen molar-refractivity contribution in [2.45, 2.75) is 44.2 Å². The van der Waals surface area contributed by atoms with Crippen LogP contribution >= 0.6 is 0 Å². The van der Waals surface area contributed by atoms with E-state index in [1.54, 1.807) is 0 Å². The van der Waals surface area contributed by atoms with Crippen LogP contribution in [0.4, 0.5) is 0 Å². The van der Waals surface area contributed by atoms with E-state index in [0.29, 0.717) is 13.1 Å². The number of ether oxygens (including phenoxy) is 1. The second kappa shape index (κ2) is 6.54. The number of carbonyl (C=O) groups excluding carboxylic acids is 2. The molecular weight excluding hydrogens is 258 g/mol. The van der Waals surface area contributed by atoms with Crippen molar-refractivity contribution in [3.63, 3.8) is 0 Å². The van der Waals surface area contributed by atoms with Crippen molar-refractivity contribution in [2.24, 2.45) is 0 Å². The SMILES string of the molecule is COCC(=O)N1CCC(NC(=O)C2(C)CCCN2)CC1. The average Bonchev–Trinajstić information content (AvgIpc) is 2.88. The molecule has 2 rings (SSSR count). The number of nitrogens with zero attached hydrogens (tertiary/aromatic N) is 1. The number of likely N-dealkylation sites (tertiary alicyclic amines) is 1. The average molecular weight is 283 g/mol. The maximum absolute atomic E-state index is 12.3. The third-order valence-electron chi connectivity index (χ3n) is 4.32. The van der Waals surface area contributed by atoms with Crippen LogP contribution in [0, 0.1) is 0 Å². The Balaban J connectivity index is 1.77.